The molecule has 0 aliphatic rings. The summed E-state index contributed by atoms with van der Waals surface area (Å²) in [5.41, 5.74) is 5.50. The first-order chi connectivity index (χ1) is 8.19. The molecule has 2 N–H and O–H groups in total. The van der Waals surface area contributed by atoms with Crippen molar-refractivity contribution in [2.24, 2.45) is 5.92 Å². The summed E-state index contributed by atoms with van der Waals surface area (Å²) in [5.74, 6) is -0.699. The van der Waals surface area contributed by atoms with Gasteiger partial charge in [-0.05, 0) is 25.0 Å². The molecular formula is C12H19FN2O2S. The zero-order valence-corrected chi connectivity index (χ0v) is 11.8. The lowest BCUT2D eigenvalue weighted by Crippen LogP contribution is -2.38. The predicted molar refractivity (Wildman–Crippen MR) is 70.1 cm³/mol. The average molecular weight is 274 g/mol. The Bertz CT molecular complexity index is 509. The number of sulfonamides is 1. The molecule has 102 valence electrons. The molecule has 1 rings (SSSR count). The Labute approximate surface area is 108 Å². The number of anilines is 1. The van der Waals surface area contributed by atoms with Crippen LogP contribution in [0.2, 0.25) is 0 Å². The third-order valence-corrected chi connectivity index (χ3v) is 5.21. The smallest absolute Gasteiger partial charge is 0.248 e. The first kappa shape index (κ1) is 14.9. The fraction of sp³-hybridized carbons (Fsp3) is 0.500. The molecule has 0 saturated carbocycles. The third kappa shape index (κ3) is 2.64. The molecule has 0 aliphatic carbocycles. The summed E-state index contributed by atoms with van der Waals surface area (Å²) in [6.07, 6.45) is 0. The van der Waals surface area contributed by atoms with Crippen LogP contribution in [0.5, 0.6) is 0 Å². The van der Waals surface area contributed by atoms with Gasteiger partial charge in [-0.15, -0.1) is 0 Å². The molecule has 0 saturated heterocycles. The molecule has 0 bridgehead atoms. The van der Waals surface area contributed by atoms with Crippen LogP contribution in [0.15, 0.2) is 23.1 Å². The van der Waals surface area contributed by atoms with Gasteiger partial charge in [-0.2, -0.15) is 4.31 Å². The molecule has 1 unspecified atom stereocenters. The second-order valence-corrected chi connectivity index (χ2v) is 6.60. The molecule has 18 heavy (non-hydrogen) atoms. The van der Waals surface area contributed by atoms with Crippen LogP contribution < -0.4 is 5.73 Å². The Morgan fingerprint density at radius 2 is 1.83 bits per heavy atom. The maximum absolute atomic E-state index is 13.7. The van der Waals surface area contributed by atoms with E-state index in [1.54, 1.807) is 6.92 Å². The van der Waals surface area contributed by atoms with E-state index in [-0.39, 0.29) is 17.6 Å². The number of nitrogen functional groups attached to an aromatic ring is 1. The molecule has 1 aromatic carbocycles. The topological polar surface area (TPSA) is 63.4 Å². The first-order valence-corrected chi connectivity index (χ1v) is 7.15. The van der Waals surface area contributed by atoms with Crippen molar-refractivity contribution in [2.45, 2.75) is 31.7 Å². The van der Waals surface area contributed by atoms with Gasteiger partial charge in [0.15, 0.2) is 0 Å². The lowest BCUT2D eigenvalue weighted by atomic mass is 10.1. The SMILES string of the molecule is CC(C)C(C)N(C)S(=O)(=O)c1c(N)cccc1F. The molecule has 0 heterocycles. The minimum absolute atomic E-state index is 0.0715. The summed E-state index contributed by atoms with van der Waals surface area (Å²) < 4.78 is 39.5. The number of benzene rings is 1. The summed E-state index contributed by atoms with van der Waals surface area (Å²) in [5, 5.41) is 0. The molecule has 0 aliphatic heterocycles. The summed E-state index contributed by atoms with van der Waals surface area (Å²) >= 11 is 0. The zero-order chi connectivity index (χ0) is 14.1. The fourth-order valence-electron chi connectivity index (χ4n) is 1.58. The van der Waals surface area contributed by atoms with E-state index in [4.69, 9.17) is 5.73 Å². The highest BCUT2D eigenvalue weighted by molar-refractivity contribution is 7.89. The summed E-state index contributed by atoms with van der Waals surface area (Å²) in [6, 6.07) is 3.62. The van der Waals surface area contributed by atoms with Crippen molar-refractivity contribution in [2.75, 3.05) is 12.8 Å². The Kier molecular flexibility index (Phi) is 4.34. The second kappa shape index (κ2) is 5.24. The Balaban J connectivity index is 3.31. The van der Waals surface area contributed by atoms with E-state index in [1.165, 1.54) is 19.2 Å². The summed E-state index contributed by atoms with van der Waals surface area (Å²) in [6.45, 7) is 5.59. The van der Waals surface area contributed by atoms with Crippen LogP contribution in [0.1, 0.15) is 20.8 Å². The van der Waals surface area contributed by atoms with Gasteiger partial charge in [-0.25, -0.2) is 12.8 Å². The molecule has 4 nitrogen and oxygen atoms in total. The van der Waals surface area contributed by atoms with E-state index < -0.39 is 20.7 Å². The van der Waals surface area contributed by atoms with Gasteiger partial charge in [0.2, 0.25) is 10.0 Å². The van der Waals surface area contributed by atoms with Gasteiger partial charge in [0, 0.05) is 13.1 Å². The number of rotatable bonds is 4. The molecule has 6 heteroatoms. The van der Waals surface area contributed by atoms with E-state index >= 15 is 0 Å². The van der Waals surface area contributed by atoms with Crippen LogP contribution >= 0.6 is 0 Å². The van der Waals surface area contributed by atoms with Gasteiger partial charge in [0.25, 0.3) is 0 Å². The largest absolute Gasteiger partial charge is 0.398 e. The number of hydrogen-bond acceptors (Lipinski definition) is 3. The maximum atomic E-state index is 13.7. The van der Waals surface area contributed by atoms with Crippen molar-refractivity contribution in [3.63, 3.8) is 0 Å². The quantitative estimate of drug-likeness (QED) is 0.855. The molecule has 1 aromatic rings. The molecule has 0 aromatic heterocycles. The zero-order valence-electron chi connectivity index (χ0n) is 11.0. The second-order valence-electron chi connectivity index (χ2n) is 4.66. The van der Waals surface area contributed by atoms with Crippen molar-refractivity contribution in [3.8, 4) is 0 Å². The third-order valence-electron chi connectivity index (χ3n) is 3.17. The number of hydrogen-bond donors (Lipinski definition) is 1. The van der Waals surface area contributed by atoms with Crippen LogP contribution in [-0.4, -0.2) is 25.8 Å². The predicted octanol–water partition coefficient (Wildman–Crippen LogP) is 2.07. The van der Waals surface area contributed by atoms with Crippen molar-refractivity contribution in [3.05, 3.63) is 24.0 Å². The Morgan fingerprint density at radius 1 is 1.28 bits per heavy atom. The normalized spacial score (nSPS) is 14.2. The monoisotopic (exact) mass is 274 g/mol. The lowest BCUT2D eigenvalue weighted by molar-refractivity contribution is 0.315. The van der Waals surface area contributed by atoms with Gasteiger partial charge in [-0.3, -0.25) is 0 Å². The molecular weight excluding hydrogens is 255 g/mol. The molecule has 0 fully saturated rings. The Morgan fingerprint density at radius 3 is 2.28 bits per heavy atom. The van der Waals surface area contributed by atoms with Crippen LogP contribution in [-0.2, 0) is 10.0 Å². The summed E-state index contributed by atoms with van der Waals surface area (Å²) in [4.78, 5) is -0.444. The molecule has 0 amide bonds. The molecule has 0 radical (unpaired) electrons. The van der Waals surface area contributed by atoms with Gasteiger partial charge in [-0.1, -0.05) is 19.9 Å². The summed E-state index contributed by atoms with van der Waals surface area (Å²) in [7, 11) is -2.47. The van der Waals surface area contributed by atoms with Gasteiger partial charge in [0.1, 0.15) is 10.7 Å². The van der Waals surface area contributed by atoms with Gasteiger partial charge >= 0.3 is 0 Å². The van der Waals surface area contributed by atoms with Crippen LogP contribution in [0, 0.1) is 11.7 Å². The minimum atomic E-state index is -3.91. The van der Waals surface area contributed by atoms with Gasteiger partial charge < -0.3 is 5.73 Å². The molecule has 1 atom stereocenters. The minimum Gasteiger partial charge on any atom is -0.398 e. The first-order valence-electron chi connectivity index (χ1n) is 5.71. The fourth-order valence-corrected chi connectivity index (χ4v) is 3.23. The van der Waals surface area contributed by atoms with Crippen LogP contribution in [0.25, 0.3) is 0 Å². The molecule has 0 spiro atoms. The van der Waals surface area contributed by atoms with E-state index in [2.05, 4.69) is 0 Å². The highest BCUT2D eigenvalue weighted by atomic mass is 32.2. The number of nitrogens with two attached hydrogens (primary N) is 1. The highest BCUT2D eigenvalue weighted by Crippen LogP contribution is 2.26. The van der Waals surface area contributed by atoms with Crippen molar-refractivity contribution in [1.29, 1.82) is 0 Å². The number of nitrogens with zero attached hydrogens (tertiary/aromatic N) is 1. The number of halogens is 1. The maximum Gasteiger partial charge on any atom is 0.248 e. The van der Waals surface area contributed by atoms with E-state index in [9.17, 15) is 12.8 Å². The van der Waals surface area contributed by atoms with E-state index in [0.717, 1.165) is 10.4 Å². The van der Waals surface area contributed by atoms with Crippen LogP contribution in [0.4, 0.5) is 10.1 Å². The average Bonchev–Trinajstić information content (AvgIpc) is 2.26. The highest BCUT2D eigenvalue weighted by Gasteiger charge is 2.31. The van der Waals surface area contributed by atoms with Crippen molar-refractivity contribution >= 4 is 15.7 Å². The van der Waals surface area contributed by atoms with Crippen molar-refractivity contribution < 1.29 is 12.8 Å². The van der Waals surface area contributed by atoms with E-state index in [0.29, 0.717) is 0 Å². The Hall–Kier alpha value is -1.14. The van der Waals surface area contributed by atoms with E-state index in [1.807, 2.05) is 13.8 Å². The van der Waals surface area contributed by atoms with Crippen molar-refractivity contribution in [1.82, 2.24) is 4.31 Å². The van der Waals surface area contributed by atoms with Crippen LogP contribution in [0.3, 0.4) is 0 Å². The lowest BCUT2D eigenvalue weighted by Gasteiger charge is -2.27. The standard InChI is InChI=1S/C12H19FN2O2S/c1-8(2)9(3)15(4)18(16,17)12-10(13)6-5-7-11(12)14/h5-9H,14H2,1-4H3. The van der Waals surface area contributed by atoms with Gasteiger partial charge in [0.05, 0.1) is 5.69 Å².